The van der Waals surface area contributed by atoms with Gasteiger partial charge in [0.1, 0.15) is 0 Å². The molecular weight excluding hydrogens is 851 g/mol. The molecule has 0 bridgehead atoms. The van der Waals surface area contributed by atoms with E-state index in [0.29, 0.717) is 19.4 Å². The van der Waals surface area contributed by atoms with E-state index >= 15 is 0 Å². The summed E-state index contributed by atoms with van der Waals surface area (Å²) in [6.45, 7) is 4.89. The molecule has 0 saturated carbocycles. The topological polar surface area (TPSA) is 95.9 Å². The molecule has 0 aliphatic rings. The Hall–Kier alpha value is -1.92. The summed E-state index contributed by atoms with van der Waals surface area (Å²) in [5, 5.41) is 23.1. The molecule has 1 amide bonds. The van der Waals surface area contributed by atoms with Crippen LogP contribution in [0.4, 0.5) is 0 Å². The largest absolute Gasteiger partial charge is 0.466 e. The maximum atomic E-state index is 12.4. The molecule has 0 aliphatic carbocycles. The summed E-state index contributed by atoms with van der Waals surface area (Å²) in [6, 6.07) is -0.627. The molecule has 0 rings (SSSR count). The molecule has 0 aromatic heterocycles. The van der Waals surface area contributed by atoms with Gasteiger partial charge in [-0.05, 0) is 64.2 Å². The summed E-state index contributed by atoms with van der Waals surface area (Å²) in [5.41, 5.74) is 0. The van der Waals surface area contributed by atoms with Gasteiger partial charge in [0.15, 0.2) is 0 Å². The summed E-state index contributed by atoms with van der Waals surface area (Å²) < 4.78 is 5.48. The molecule has 0 aliphatic heterocycles. The van der Waals surface area contributed by atoms with Gasteiger partial charge in [-0.3, -0.25) is 9.59 Å². The Bertz CT molecular complexity index is 1120. The van der Waals surface area contributed by atoms with Gasteiger partial charge < -0.3 is 20.3 Å². The zero-order valence-electron chi connectivity index (χ0n) is 46.3. The van der Waals surface area contributed by atoms with E-state index in [9.17, 15) is 19.8 Å². The Morgan fingerprint density at radius 2 is 0.725 bits per heavy atom. The molecule has 69 heavy (non-hydrogen) atoms. The number of amides is 1. The Kier molecular flexibility index (Phi) is 57.0. The maximum absolute atomic E-state index is 12.4. The van der Waals surface area contributed by atoms with Crippen LogP contribution < -0.4 is 5.32 Å². The van der Waals surface area contributed by atoms with E-state index in [2.05, 4.69) is 43.5 Å². The zero-order chi connectivity index (χ0) is 50.0. The number of hydrogen-bond donors (Lipinski definition) is 3. The van der Waals surface area contributed by atoms with Crippen LogP contribution in [0.5, 0.6) is 0 Å². The van der Waals surface area contributed by atoms with E-state index in [-0.39, 0.29) is 18.5 Å². The molecule has 0 saturated heterocycles. The minimum atomic E-state index is -0.843. The third kappa shape index (κ3) is 55.2. The summed E-state index contributed by atoms with van der Waals surface area (Å²) in [6.07, 6.45) is 73.2. The number of esters is 1. The SMILES string of the molecule is CCCCCC/C=C\C/C=C\CCCCCCCC(=O)OCCCCCCCCCCCCCCCCCCCCCCCCCC(=O)NC(CO)C(O)/C=C/CCCCCCCCCCCCC. The van der Waals surface area contributed by atoms with Crippen molar-refractivity contribution in [2.24, 2.45) is 0 Å². The van der Waals surface area contributed by atoms with Gasteiger partial charge in [-0.1, -0.05) is 288 Å². The van der Waals surface area contributed by atoms with Gasteiger partial charge in [-0.25, -0.2) is 0 Å². The van der Waals surface area contributed by atoms with Crippen molar-refractivity contribution in [1.29, 1.82) is 0 Å². The van der Waals surface area contributed by atoms with Crippen molar-refractivity contribution in [1.82, 2.24) is 5.32 Å². The number of rotatable bonds is 57. The number of hydrogen-bond acceptors (Lipinski definition) is 5. The highest BCUT2D eigenvalue weighted by Gasteiger charge is 2.18. The van der Waals surface area contributed by atoms with Gasteiger partial charge in [0.2, 0.25) is 5.91 Å². The van der Waals surface area contributed by atoms with Crippen molar-refractivity contribution in [3.8, 4) is 0 Å². The molecule has 2 unspecified atom stereocenters. The Labute approximate surface area is 430 Å². The lowest BCUT2D eigenvalue weighted by Crippen LogP contribution is -2.45. The Morgan fingerprint density at radius 3 is 1.12 bits per heavy atom. The zero-order valence-corrected chi connectivity index (χ0v) is 46.3. The van der Waals surface area contributed by atoms with Crippen LogP contribution in [0.2, 0.25) is 0 Å². The smallest absolute Gasteiger partial charge is 0.305 e. The minimum absolute atomic E-state index is 0.000335. The lowest BCUT2D eigenvalue weighted by molar-refractivity contribution is -0.143. The van der Waals surface area contributed by atoms with Crippen molar-refractivity contribution < 1.29 is 24.5 Å². The molecule has 0 heterocycles. The number of carbonyl (C=O) groups excluding carboxylic acids is 2. The fourth-order valence-electron chi connectivity index (χ4n) is 9.43. The lowest BCUT2D eigenvalue weighted by Gasteiger charge is -2.20. The number of aliphatic hydroxyl groups excluding tert-OH is 2. The van der Waals surface area contributed by atoms with Crippen LogP contribution in [0.1, 0.15) is 328 Å². The summed E-state index contributed by atoms with van der Waals surface area (Å²) in [4.78, 5) is 24.5. The van der Waals surface area contributed by atoms with E-state index in [0.717, 1.165) is 51.4 Å². The highest BCUT2D eigenvalue weighted by Crippen LogP contribution is 2.17. The standard InChI is InChI=1S/C63H119NO5/c1-3-5-7-9-11-13-15-17-18-29-33-37-41-45-49-53-57-63(68)69-58-54-50-46-42-38-34-30-27-25-23-21-19-20-22-24-26-28-32-36-40-44-48-52-56-62(67)64-60(59-65)61(66)55-51-47-43-39-35-31-16-14-12-10-8-6-4-2/h13,15,18,29,51,55,60-61,65-66H,3-12,14,16-17,19-28,30-50,52-54,56-59H2,1-2H3,(H,64,67)/b15-13-,29-18-,55-51+. The summed E-state index contributed by atoms with van der Waals surface area (Å²) in [7, 11) is 0. The second kappa shape index (κ2) is 58.6. The predicted octanol–water partition coefficient (Wildman–Crippen LogP) is 19.2. The average Bonchev–Trinajstić information content (AvgIpc) is 3.35. The summed E-state index contributed by atoms with van der Waals surface area (Å²) >= 11 is 0. The van der Waals surface area contributed by atoms with E-state index in [4.69, 9.17) is 4.74 Å². The van der Waals surface area contributed by atoms with Crippen LogP contribution >= 0.6 is 0 Å². The van der Waals surface area contributed by atoms with Crippen LogP contribution in [0.25, 0.3) is 0 Å². The van der Waals surface area contributed by atoms with Crippen LogP contribution in [0, 0.1) is 0 Å². The number of allylic oxidation sites excluding steroid dienone is 5. The monoisotopic (exact) mass is 970 g/mol. The molecule has 6 nitrogen and oxygen atoms in total. The maximum Gasteiger partial charge on any atom is 0.305 e. The number of nitrogens with one attached hydrogen (secondary N) is 1. The lowest BCUT2D eigenvalue weighted by atomic mass is 10.0. The van der Waals surface area contributed by atoms with E-state index in [1.165, 1.54) is 250 Å². The van der Waals surface area contributed by atoms with E-state index in [1.807, 2.05) is 6.08 Å². The molecule has 0 spiro atoms. The molecule has 0 aromatic carbocycles. The van der Waals surface area contributed by atoms with Gasteiger partial charge in [0, 0.05) is 12.8 Å². The quantitative estimate of drug-likeness (QED) is 0.0321. The first-order chi connectivity index (χ1) is 34.0. The van der Waals surface area contributed by atoms with Gasteiger partial charge in [0.25, 0.3) is 0 Å². The first-order valence-corrected chi connectivity index (χ1v) is 30.8. The van der Waals surface area contributed by atoms with Crippen molar-refractivity contribution in [2.45, 2.75) is 341 Å². The van der Waals surface area contributed by atoms with Crippen LogP contribution in [-0.2, 0) is 14.3 Å². The summed E-state index contributed by atoms with van der Waals surface area (Å²) in [5.74, 6) is -0.0670. The number of aliphatic hydroxyl groups is 2. The van der Waals surface area contributed by atoms with E-state index < -0.39 is 12.1 Å². The number of unbranched alkanes of at least 4 members (excludes halogenated alkanes) is 42. The van der Waals surface area contributed by atoms with Gasteiger partial charge in [-0.15, -0.1) is 0 Å². The highest BCUT2D eigenvalue weighted by molar-refractivity contribution is 5.76. The van der Waals surface area contributed by atoms with Crippen molar-refractivity contribution in [3.05, 3.63) is 36.5 Å². The van der Waals surface area contributed by atoms with Crippen molar-refractivity contribution in [2.75, 3.05) is 13.2 Å². The van der Waals surface area contributed by atoms with Crippen LogP contribution in [-0.4, -0.2) is 47.4 Å². The Balaban J connectivity index is 3.39. The molecule has 0 aromatic rings. The van der Waals surface area contributed by atoms with Gasteiger partial charge in [0.05, 0.1) is 25.4 Å². The third-order valence-corrected chi connectivity index (χ3v) is 14.2. The minimum Gasteiger partial charge on any atom is -0.466 e. The Morgan fingerprint density at radius 1 is 0.406 bits per heavy atom. The molecule has 406 valence electrons. The fourth-order valence-corrected chi connectivity index (χ4v) is 9.43. The molecule has 6 heteroatoms. The second-order valence-corrected chi connectivity index (χ2v) is 21.0. The third-order valence-electron chi connectivity index (χ3n) is 14.2. The normalized spacial score (nSPS) is 12.8. The van der Waals surface area contributed by atoms with Crippen LogP contribution in [0.3, 0.4) is 0 Å². The molecule has 2 atom stereocenters. The first kappa shape index (κ1) is 67.1. The van der Waals surface area contributed by atoms with Gasteiger partial charge in [-0.2, -0.15) is 0 Å². The first-order valence-electron chi connectivity index (χ1n) is 30.8. The predicted molar refractivity (Wildman–Crippen MR) is 301 cm³/mol. The van der Waals surface area contributed by atoms with Gasteiger partial charge >= 0.3 is 5.97 Å². The van der Waals surface area contributed by atoms with Crippen molar-refractivity contribution in [3.63, 3.8) is 0 Å². The van der Waals surface area contributed by atoms with Crippen molar-refractivity contribution >= 4 is 11.9 Å². The highest BCUT2D eigenvalue weighted by atomic mass is 16.5. The molecule has 0 fully saturated rings. The fraction of sp³-hybridized carbons (Fsp3) is 0.873. The molecular formula is C63H119NO5. The average molecular weight is 971 g/mol. The van der Waals surface area contributed by atoms with Crippen LogP contribution in [0.15, 0.2) is 36.5 Å². The molecule has 3 N–H and O–H groups in total. The molecule has 0 radical (unpaired) electrons. The number of carbonyl (C=O) groups is 2. The number of ether oxygens (including phenoxy) is 1. The van der Waals surface area contributed by atoms with E-state index in [1.54, 1.807) is 6.08 Å². The second-order valence-electron chi connectivity index (χ2n) is 21.0.